The summed E-state index contributed by atoms with van der Waals surface area (Å²) in [6.07, 6.45) is 3.64. The molecule has 0 aliphatic carbocycles. The van der Waals surface area contributed by atoms with Gasteiger partial charge in [-0.2, -0.15) is 5.26 Å². The number of hydrogen-bond acceptors (Lipinski definition) is 9. The molecule has 1 saturated heterocycles. The van der Waals surface area contributed by atoms with Gasteiger partial charge in [0.1, 0.15) is 18.4 Å². The number of rotatable bonds is 8. The molecule has 0 bridgehead atoms. The SMILES string of the molecule is COc1cc2c(Nc3ccc(OCc4ncccc4C)cc3Cl)c(C#N)cnc2cc1OC(=O)N1CCCN(C(C)C)CC1. The number of halogens is 1. The van der Waals surface area contributed by atoms with Gasteiger partial charge in [-0.05, 0) is 57.0 Å². The number of aryl methyl sites for hydroxylation is 1. The van der Waals surface area contributed by atoms with E-state index in [1.165, 1.54) is 13.3 Å². The Hall–Kier alpha value is -4.59. The highest BCUT2D eigenvalue weighted by Crippen LogP contribution is 2.39. The molecule has 5 rings (SSSR count). The first-order valence-corrected chi connectivity index (χ1v) is 14.9. The highest BCUT2D eigenvalue weighted by atomic mass is 35.5. The molecule has 1 N–H and O–H groups in total. The Morgan fingerprint density at radius 3 is 2.68 bits per heavy atom. The number of benzene rings is 2. The average Bonchev–Trinajstić information content (AvgIpc) is 3.28. The van der Waals surface area contributed by atoms with E-state index in [1.54, 1.807) is 41.4 Å². The number of aromatic nitrogens is 2. The highest BCUT2D eigenvalue weighted by Gasteiger charge is 2.24. The number of nitriles is 1. The van der Waals surface area contributed by atoms with Gasteiger partial charge in [0.25, 0.3) is 0 Å². The Labute approximate surface area is 262 Å². The fraction of sp³-hybridized carbons (Fsp3) is 0.333. The first kappa shape index (κ1) is 30.9. The Morgan fingerprint density at radius 1 is 1.11 bits per heavy atom. The van der Waals surface area contributed by atoms with Crippen LogP contribution in [0.1, 0.15) is 37.1 Å². The number of hydrogen-bond donors (Lipinski definition) is 1. The molecule has 4 aromatic rings. The lowest BCUT2D eigenvalue weighted by Gasteiger charge is -2.24. The largest absolute Gasteiger partial charge is 0.493 e. The zero-order chi connectivity index (χ0) is 31.2. The number of ether oxygens (including phenoxy) is 3. The third-order valence-electron chi connectivity index (χ3n) is 7.68. The molecular weight excluding hydrogens is 580 g/mol. The quantitative estimate of drug-likeness (QED) is 0.231. The summed E-state index contributed by atoms with van der Waals surface area (Å²) in [5, 5.41) is 14.2. The van der Waals surface area contributed by atoms with Crippen molar-refractivity contribution in [1.82, 2.24) is 19.8 Å². The van der Waals surface area contributed by atoms with Crippen molar-refractivity contribution in [1.29, 1.82) is 5.26 Å². The second-order valence-corrected chi connectivity index (χ2v) is 11.2. The minimum absolute atomic E-state index is 0.251. The van der Waals surface area contributed by atoms with Gasteiger partial charge in [0, 0.05) is 62.1 Å². The van der Waals surface area contributed by atoms with Crippen LogP contribution in [0.15, 0.2) is 54.9 Å². The fourth-order valence-electron chi connectivity index (χ4n) is 5.10. The van der Waals surface area contributed by atoms with Crippen LogP contribution in [0.25, 0.3) is 10.9 Å². The van der Waals surface area contributed by atoms with Crippen molar-refractivity contribution in [3.05, 3.63) is 76.7 Å². The van der Waals surface area contributed by atoms with E-state index < -0.39 is 6.09 Å². The summed E-state index contributed by atoms with van der Waals surface area (Å²) in [5.41, 5.74) is 3.77. The molecule has 0 spiro atoms. The molecule has 1 amide bonds. The van der Waals surface area contributed by atoms with Crippen LogP contribution in [0, 0.1) is 18.3 Å². The first-order valence-electron chi connectivity index (χ1n) is 14.5. The van der Waals surface area contributed by atoms with Crippen LogP contribution in [0.3, 0.4) is 0 Å². The normalized spacial score (nSPS) is 13.8. The molecule has 10 nitrogen and oxygen atoms in total. The van der Waals surface area contributed by atoms with Gasteiger partial charge in [-0.25, -0.2) is 4.79 Å². The number of anilines is 2. The molecule has 11 heteroatoms. The fourth-order valence-corrected chi connectivity index (χ4v) is 5.31. The standard InChI is InChI=1S/C33H35ClN6O4/c1-21(2)39-11-6-12-40(14-13-39)33(41)44-31-17-28-25(16-30(31)42-4)32(23(18-35)19-37-28)38-27-9-8-24(15-26(27)34)43-20-29-22(3)7-5-10-36-29/h5,7-10,15-17,19,21H,6,11-14,20H2,1-4H3,(H,37,38). The van der Waals surface area contributed by atoms with Crippen molar-refractivity contribution in [3.63, 3.8) is 0 Å². The molecule has 0 unspecified atom stereocenters. The van der Waals surface area contributed by atoms with Crippen LogP contribution in [-0.2, 0) is 6.61 Å². The predicted octanol–water partition coefficient (Wildman–Crippen LogP) is 6.71. The number of carbonyl (C=O) groups excluding carboxylic acids is 1. The van der Waals surface area contributed by atoms with Gasteiger partial charge in [0.15, 0.2) is 11.5 Å². The van der Waals surface area contributed by atoms with E-state index in [-0.39, 0.29) is 5.75 Å². The summed E-state index contributed by atoms with van der Waals surface area (Å²) in [5.74, 6) is 1.17. The van der Waals surface area contributed by atoms with Gasteiger partial charge < -0.3 is 24.4 Å². The molecule has 44 heavy (non-hydrogen) atoms. The molecule has 1 fully saturated rings. The molecular formula is C33H35ClN6O4. The molecule has 228 valence electrons. The maximum atomic E-state index is 13.1. The zero-order valence-electron chi connectivity index (χ0n) is 25.3. The van der Waals surface area contributed by atoms with E-state index in [2.05, 4.69) is 40.1 Å². The number of carbonyl (C=O) groups is 1. The number of methoxy groups -OCH3 is 1. The molecule has 3 heterocycles. The van der Waals surface area contributed by atoms with E-state index in [1.807, 2.05) is 19.1 Å². The van der Waals surface area contributed by atoms with Gasteiger partial charge in [0.05, 0.1) is 40.3 Å². The highest BCUT2D eigenvalue weighted by molar-refractivity contribution is 6.33. The van der Waals surface area contributed by atoms with Gasteiger partial charge in [-0.3, -0.25) is 14.9 Å². The topological polar surface area (TPSA) is 113 Å². The summed E-state index contributed by atoms with van der Waals surface area (Å²) in [7, 11) is 1.50. The van der Waals surface area contributed by atoms with E-state index in [0.29, 0.717) is 70.1 Å². The lowest BCUT2D eigenvalue weighted by atomic mass is 10.1. The summed E-state index contributed by atoms with van der Waals surface area (Å²) in [6, 6.07) is 15.1. The van der Waals surface area contributed by atoms with Gasteiger partial charge in [-0.1, -0.05) is 17.7 Å². The number of amides is 1. The molecule has 0 saturated carbocycles. The Kier molecular flexibility index (Phi) is 9.68. The van der Waals surface area contributed by atoms with Crippen molar-refractivity contribution in [2.24, 2.45) is 0 Å². The minimum Gasteiger partial charge on any atom is -0.493 e. The van der Waals surface area contributed by atoms with Gasteiger partial charge in [0.2, 0.25) is 0 Å². The smallest absolute Gasteiger partial charge is 0.415 e. The predicted molar refractivity (Wildman–Crippen MR) is 170 cm³/mol. The third-order valence-corrected chi connectivity index (χ3v) is 8.00. The molecule has 0 atom stereocenters. The number of pyridine rings is 2. The van der Waals surface area contributed by atoms with Crippen LogP contribution in [-0.4, -0.2) is 65.2 Å². The van der Waals surface area contributed by atoms with E-state index in [0.717, 1.165) is 30.8 Å². The van der Waals surface area contributed by atoms with Crippen molar-refractivity contribution >= 4 is 40.0 Å². The second-order valence-electron chi connectivity index (χ2n) is 10.8. The third kappa shape index (κ3) is 6.96. The van der Waals surface area contributed by atoms with Gasteiger partial charge in [-0.15, -0.1) is 0 Å². The number of fused-ring (bicyclic) bond motifs is 1. The van der Waals surface area contributed by atoms with Crippen molar-refractivity contribution in [2.75, 3.05) is 38.6 Å². The molecule has 2 aromatic heterocycles. The molecule has 1 aliphatic heterocycles. The van der Waals surface area contributed by atoms with Crippen LogP contribution in [0.4, 0.5) is 16.2 Å². The van der Waals surface area contributed by atoms with E-state index >= 15 is 0 Å². The zero-order valence-corrected chi connectivity index (χ0v) is 26.0. The number of nitrogens with zero attached hydrogens (tertiary/aromatic N) is 5. The maximum Gasteiger partial charge on any atom is 0.415 e. The van der Waals surface area contributed by atoms with E-state index in [9.17, 15) is 10.1 Å². The summed E-state index contributed by atoms with van der Waals surface area (Å²) in [6.45, 7) is 9.53. The molecule has 0 radical (unpaired) electrons. The Morgan fingerprint density at radius 2 is 1.95 bits per heavy atom. The van der Waals surface area contributed by atoms with Crippen LogP contribution >= 0.6 is 11.6 Å². The van der Waals surface area contributed by atoms with Crippen LogP contribution in [0.5, 0.6) is 17.2 Å². The lowest BCUT2D eigenvalue weighted by Crippen LogP contribution is -2.38. The lowest BCUT2D eigenvalue weighted by molar-refractivity contribution is 0.150. The maximum absolute atomic E-state index is 13.1. The van der Waals surface area contributed by atoms with Crippen LogP contribution < -0.4 is 19.5 Å². The minimum atomic E-state index is -0.437. The first-order chi connectivity index (χ1) is 21.3. The monoisotopic (exact) mass is 614 g/mol. The van der Waals surface area contributed by atoms with Crippen molar-refractivity contribution in [3.8, 4) is 23.3 Å². The Bertz CT molecular complexity index is 1710. The summed E-state index contributed by atoms with van der Waals surface area (Å²) < 4.78 is 17.4. The number of nitrogens with one attached hydrogen (secondary N) is 1. The average molecular weight is 615 g/mol. The van der Waals surface area contributed by atoms with Crippen molar-refractivity contribution in [2.45, 2.75) is 39.8 Å². The second kappa shape index (κ2) is 13.8. The Balaban J connectivity index is 1.37. The summed E-state index contributed by atoms with van der Waals surface area (Å²) in [4.78, 5) is 26.0. The van der Waals surface area contributed by atoms with Crippen molar-refractivity contribution < 1.29 is 19.0 Å². The summed E-state index contributed by atoms with van der Waals surface area (Å²) >= 11 is 6.65. The molecule has 1 aliphatic rings. The molecule has 2 aromatic carbocycles. The van der Waals surface area contributed by atoms with Gasteiger partial charge >= 0.3 is 6.09 Å². The van der Waals surface area contributed by atoms with E-state index in [4.69, 9.17) is 25.8 Å². The van der Waals surface area contributed by atoms with Crippen LogP contribution in [0.2, 0.25) is 5.02 Å².